The first-order chi connectivity index (χ1) is 9.75. The third kappa shape index (κ3) is 3.25. The lowest BCUT2D eigenvalue weighted by Crippen LogP contribution is -2.38. The van der Waals surface area contributed by atoms with E-state index in [-0.39, 0.29) is 24.4 Å². The molecule has 2 N–H and O–H groups in total. The van der Waals surface area contributed by atoms with Crippen molar-refractivity contribution in [2.75, 3.05) is 20.1 Å². The van der Waals surface area contributed by atoms with Gasteiger partial charge in [0, 0.05) is 25.2 Å². The number of benzene rings is 1. The van der Waals surface area contributed by atoms with Gasteiger partial charge in [0.05, 0.1) is 5.69 Å². The van der Waals surface area contributed by atoms with Gasteiger partial charge < -0.3 is 10.2 Å². The first-order valence-corrected chi connectivity index (χ1v) is 6.84. The highest BCUT2D eigenvalue weighted by atomic mass is 35.5. The van der Waals surface area contributed by atoms with Crippen LogP contribution in [0.15, 0.2) is 36.4 Å². The largest absolute Gasteiger partial charge is 0.336 e. The van der Waals surface area contributed by atoms with Gasteiger partial charge in [-0.05, 0) is 19.0 Å². The van der Waals surface area contributed by atoms with E-state index in [9.17, 15) is 4.79 Å². The molecule has 1 amide bonds. The molecule has 112 valence electrons. The summed E-state index contributed by atoms with van der Waals surface area (Å²) in [5.74, 6) is -0.00613. The van der Waals surface area contributed by atoms with Crippen LogP contribution in [0.3, 0.4) is 0 Å². The summed E-state index contributed by atoms with van der Waals surface area (Å²) in [6.07, 6.45) is 1.00. The van der Waals surface area contributed by atoms with Crippen LogP contribution in [0.25, 0.3) is 11.3 Å². The Kier molecular flexibility index (Phi) is 4.98. The molecule has 3 rings (SSSR count). The highest BCUT2D eigenvalue weighted by Crippen LogP contribution is 2.18. The number of H-pyrrole nitrogens is 1. The van der Waals surface area contributed by atoms with Gasteiger partial charge in [0.2, 0.25) is 0 Å². The number of rotatable bonds is 3. The van der Waals surface area contributed by atoms with Crippen molar-refractivity contribution < 1.29 is 4.79 Å². The van der Waals surface area contributed by atoms with E-state index in [2.05, 4.69) is 15.5 Å². The van der Waals surface area contributed by atoms with Crippen LogP contribution in [0.4, 0.5) is 0 Å². The van der Waals surface area contributed by atoms with Crippen molar-refractivity contribution in [2.24, 2.45) is 0 Å². The van der Waals surface area contributed by atoms with Gasteiger partial charge in [-0.3, -0.25) is 9.89 Å². The smallest absolute Gasteiger partial charge is 0.271 e. The van der Waals surface area contributed by atoms with E-state index in [0.717, 1.165) is 30.8 Å². The van der Waals surface area contributed by atoms with Crippen LogP contribution < -0.4 is 5.32 Å². The molecule has 0 saturated carbocycles. The first-order valence-electron chi connectivity index (χ1n) is 6.84. The van der Waals surface area contributed by atoms with E-state index in [1.54, 1.807) is 4.90 Å². The summed E-state index contributed by atoms with van der Waals surface area (Å²) in [5, 5.41) is 10.3. The average molecular weight is 307 g/mol. The molecule has 1 saturated heterocycles. The quantitative estimate of drug-likeness (QED) is 0.911. The number of carbonyl (C=O) groups excluding carboxylic acids is 1. The van der Waals surface area contributed by atoms with Crippen LogP contribution in [0, 0.1) is 0 Å². The number of hydrogen-bond donors (Lipinski definition) is 2. The zero-order valence-electron chi connectivity index (χ0n) is 11.9. The molecule has 0 bridgehead atoms. The van der Waals surface area contributed by atoms with Crippen LogP contribution >= 0.6 is 12.4 Å². The molecule has 1 aromatic carbocycles. The molecule has 0 radical (unpaired) electrons. The fraction of sp³-hybridized carbons (Fsp3) is 0.333. The van der Waals surface area contributed by atoms with E-state index in [0.29, 0.717) is 5.69 Å². The lowest BCUT2D eigenvalue weighted by molar-refractivity contribution is 0.0738. The summed E-state index contributed by atoms with van der Waals surface area (Å²) in [4.78, 5) is 14.2. The molecule has 2 aromatic rings. The zero-order valence-corrected chi connectivity index (χ0v) is 12.7. The maximum absolute atomic E-state index is 12.4. The van der Waals surface area contributed by atoms with Crippen LogP contribution in [0.1, 0.15) is 16.9 Å². The highest BCUT2D eigenvalue weighted by Gasteiger charge is 2.25. The third-order valence-electron chi connectivity index (χ3n) is 3.78. The molecular formula is C15H19ClN4O. The van der Waals surface area contributed by atoms with Crippen LogP contribution in [0.2, 0.25) is 0 Å². The van der Waals surface area contributed by atoms with Crippen molar-refractivity contribution in [3.05, 3.63) is 42.1 Å². The molecule has 0 aliphatic carbocycles. The second-order valence-electron chi connectivity index (χ2n) is 5.10. The van der Waals surface area contributed by atoms with Crippen molar-refractivity contribution >= 4 is 18.3 Å². The van der Waals surface area contributed by atoms with Gasteiger partial charge in [-0.15, -0.1) is 12.4 Å². The number of amides is 1. The monoisotopic (exact) mass is 306 g/mol. The van der Waals surface area contributed by atoms with Gasteiger partial charge in [-0.25, -0.2) is 0 Å². The van der Waals surface area contributed by atoms with E-state index in [4.69, 9.17) is 0 Å². The third-order valence-corrected chi connectivity index (χ3v) is 3.78. The summed E-state index contributed by atoms with van der Waals surface area (Å²) in [5.41, 5.74) is 2.35. The summed E-state index contributed by atoms with van der Waals surface area (Å²) < 4.78 is 0. The number of carbonyl (C=O) groups is 1. The molecule has 0 spiro atoms. The summed E-state index contributed by atoms with van der Waals surface area (Å²) in [7, 11) is 1.85. The minimum absolute atomic E-state index is 0. The minimum Gasteiger partial charge on any atom is -0.336 e. The Morgan fingerprint density at radius 3 is 2.76 bits per heavy atom. The maximum atomic E-state index is 12.4. The summed E-state index contributed by atoms with van der Waals surface area (Å²) in [6, 6.07) is 11.9. The van der Waals surface area contributed by atoms with E-state index >= 15 is 0 Å². The Labute approximate surface area is 130 Å². The zero-order chi connectivity index (χ0) is 13.9. The van der Waals surface area contributed by atoms with Crippen LogP contribution in [-0.2, 0) is 0 Å². The predicted octanol–water partition coefficient (Wildman–Crippen LogP) is 1.93. The molecule has 1 atom stereocenters. The van der Waals surface area contributed by atoms with E-state index < -0.39 is 0 Å². The lowest BCUT2D eigenvalue weighted by atomic mass is 10.1. The number of halogens is 1. The molecule has 6 heteroatoms. The maximum Gasteiger partial charge on any atom is 0.271 e. The van der Waals surface area contributed by atoms with Gasteiger partial charge in [0.1, 0.15) is 5.69 Å². The Morgan fingerprint density at radius 1 is 1.33 bits per heavy atom. The molecule has 1 aliphatic heterocycles. The Morgan fingerprint density at radius 2 is 2.10 bits per heavy atom. The summed E-state index contributed by atoms with van der Waals surface area (Å²) in [6.45, 7) is 1.84. The van der Waals surface area contributed by atoms with Gasteiger partial charge in [-0.1, -0.05) is 30.3 Å². The number of hydrogen-bond acceptors (Lipinski definition) is 3. The van der Waals surface area contributed by atoms with E-state index in [1.165, 1.54) is 0 Å². The SMILES string of the molecule is CN(C(=O)c1cc(-c2ccccc2)n[nH]1)C1CCNC1.Cl. The second kappa shape index (κ2) is 6.74. The van der Waals surface area contributed by atoms with E-state index in [1.807, 2.05) is 43.4 Å². The average Bonchev–Trinajstić information content (AvgIpc) is 3.18. The van der Waals surface area contributed by atoms with Crippen LogP contribution in [0.5, 0.6) is 0 Å². The number of nitrogens with one attached hydrogen (secondary N) is 2. The molecule has 21 heavy (non-hydrogen) atoms. The van der Waals surface area contributed by atoms with Gasteiger partial charge in [0.15, 0.2) is 0 Å². The first kappa shape index (κ1) is 15.5. The molecular weight excluding hydrogens is 288 g/mol. The molecule has 2 heterocycles. The van der Waals surface area contributed by atoms with Crippen molar-refractivity contribution in [3.63, 3.8) is 0 Å². The van der Waals surface area contributed by atoms with Crippen molar-refractivity contribution in [2.45, 2.75) is 12.5 Å². The number of aromatic nitrogens is 2. The van der Waals surface area contributed by atoms with Crippen LogP contribution in [-0.4, -0.2) is 47.2 Å². The number of likely N-dealkylation sites (N-methyl/N-ethyl adjacent to an activating group) is 1. The Hall–Kier alpha value is -1.85. The minimum atomic E-state index is -0.00613. The molecule has 1 aromatic heterocycles. The normalized spacial score (nSPS) is 17.3. The highest BCUT2D eigenvalue weighted by molar-refractivity contribution is 5.93. The second-order valence-corrected chi connectivity index (χ2v) is 5.10. The van der Waals surface area contributed by atoms with Crippen molar-refractivity contribution in [1.29, 1.82) is 0 Å². The molecule has 1 unspecified atom stereocenters. The molecule has 1 aliphatic rings. The fourth-order valence-corrected chi connectivity index (χ4v) is 2.51. The lowest BCUT2D eigenvalue weighted by Gasteiger charge is -2.22. The van der Waals surface area contributed by atoms with Crippen molar-refractivity contribution in [3.8, 4) is 11.3 Å². The number of nitrogens with zero attached hydrogens (tertiary/aromatic N) is 2. The molecule has 5 nitrogen and oxygen atoms in total. The van der Waals surface area contributed by atoms with Gasteiger partial charge in [-0.2, -0.15) is 5.10 Å². The van der Waals surface area contributed by atoms with Gasteiger partial charge >= 0.3 is 0 Å². The standard InChI is InChI=1S/C15H18N4O.ClH/c1-19(12-7-8-16-10-12)15(20)14-9-13(17-18-14)11-5-3-2-4-6-11;/h2-6,9,12,16H,7-8,10H2,1H3,(H,17,18);1H. The Bertz CT molecular complexity index is 593. The van der Waals surface area contributed by atoms with Gasteiger partial charge in [0.25, 0.3) is 5.91 Å². The van der Waals surface area contributed by atoms with Crippen molar-refractivity contribution in [1.82, 2.24) is 20.4 Å². The summed E-state index contributed by atoms with van der Waals surface area (Å²) >= 11 is 0. The Balaban J connectivity index is 0.00000161. The topological polar surface area (TPSA) is 61.0 Å². The predicted molar refractivity (Wildman–Crippen MR) is 84.6 cm³/mol. The molecule has 1 fully saturated rings. The number of aromatic amines is 1. The fourth-order valence-electron chi connectivity index (χ4n) is 2.51.